The van der Waals surface area contributed by atoms with Crippen LogP contribution in [0.5, 0.6) is 0 Å². The van der Waals surface area contributed by atoms with Gasteiger partial charge in [0.2, 0.25) is 5.91 Å². The molecular formula is C23H38N2O6Si. The van der Waals surface area contributed by atoms with E-state index in [4.69, 9.17) is 14.2 Å². The molecule has 2 atom stereocenters. The number of benzene rings is 1. The van der Waals surface area contributed by atoms with Crippen LogP contribution in [0.2, 0.25) is 25.7 Å². The molecular weight excluding hydrogens is 428 g/mol. The normalized spacial score (nSPS) is 13.6. The van der Waals surface area contributed by atoms with E-state index in [1.165, 1.54) is 6.92 Å². The standard InChI is InChI=1S/C23H38N2O6Si/c1-17(21(27)30-16-29-13-14-32(5,6)7)24-20(26)19(15-18-11-9-8-10-12-18)25-22(28)31-23(2,3)4/h8-12,17,19H,13-16H2,1-7H3,(H,24,26)(H,25,28)/t17-,19-/m0/s1. The number of amides is 2. The molecule has 1 aromatic rings. The van der Waals surface area contributed by atoms with E-state index in [0.717, 1.165) is 11.6 Å². The van der Waals surface area contributed by atoms with E-state index in [0.29, 0.717) is 6.61 Å². The van der Waals surface area contributed by atoms with Crippen molar-refractivity contribution in [1.29, 1.82) is 0 Å². The molecule has 0 fully saturated rings. The minimum absolute atomic E-state index is 0.160. The summed E-state index contributed by atoms with van der Waals surface area (Å²) in [6.45, 7) is 13.8. The Morgan fingerprint density at radius 1 is 1.03 bits per heavy atom. The van der Waals surface area contributed by atoms with Gasteiger partial charge in [-0.1, -0.05) is 50.0 Å². The summed E-state index contributed by atoms with van der Waals surface area (Å²) in [6.07, 6.45) is -0.465. The number of carbonyl (C=O) groups excluding carboxylic acids is 3. The minimum Gasteiger partial charge on any atom is -0.444 e. The van der Waals surface area contributed by atoms with E-state index in [1.807, 2.05) is 30.3 Å². The number of nitrogens with one attached hydrogen (secondary N) is 2. The van der Waals surface area contributed by atoms with Gasteiger partial charge in [-0.25, -0.2) is 9.59 Å². The summed E-state index contributed by atoms with van der Waals surface area (Å²) in [5, 5.41) is 5.19. The lowest BCUT2D eigenvalue weighted by atomic mass is 10.1. The molecule has 2 amide bonds. The fraction of sp³-hybridized carbons (Fsp3) is 0.609. The molecule has 0 aromatic heterocycles. The zero-order valence-corrected chi connectivity index (χ0v) is 21.3. The third kappa shape index (κ3) is 12.5. The van der Waals surface area contributed by atoms with E-state index < -0.39 is 43.7 Å². The van der Waals surface area contributed by atoms with E-state index in [2.05, 4.69) is 30.3 Å². The Morgan fingerprint density at radius 2 is 1.66 bits per heavy atom. The molecule has 0 aliphatic carbocycles. The molecule has 32 heavy (non-hydrogen) atoms. The molecule has 0 radical (unpaired) electrons. The molecule has 0 heterocycles. The zero-order valence-electron chi connectivity index (χ0n) is 20.3. The van der Waals surface area contributed by atoms with Crippen LogP contribution in [0.25, 0.3) is 0 Å². The van der Waals surface area contributed by atoms with Gasteiger partial charge in [-0.2, -0.15) is 0 Å². The monoisotopic (exact) mass is 466 g/mol. The van der Waals surface area contributed by atoms with Crippen molar-refractivity contribution in [2.75, 3.05) is 13.4 Å². The summed E-state index contributed by atoms with van der Waals surface area (Å²) >= 11 is 0. The Hall–Kier alpha value is -2.39. The predicted molar refractivity (Wildman–Crippen MR) is 126 cm³/mol. The third-order valence-corrected chi connectivity index (χ3v) is 5.99. The first-order chi connectivity index (χ1) is 14.8. The highest BCUT2D eigenvalue weighted by Crippen LogP contribution is 2.09. The second-order valence-electron chi connectivity index (χ2n) is 9.92. The summed E-state index contributed by atoms with van der Waals surface area (Å²) in [5.74, 6) is -1.12. The maximum atomic E-state index is 12.8. The molecule has 180 valence electrons. The smallest absolute Gasteiger partial charge is 0.408 e. The van der Waals surface area contributed by atoms with Gasteiger partial charge in [-0.15, -0.1) is 0 Å². The molecule has 0 aliphatic heterocycles. The van der Waals surface area contributed by atoms with Crippen molar-refractivity contribution in [2.24, 2.45) is 0 Å². The number of ether oxygens (including phenoxy) is 3. The lowest BCUT2D eigenvalue weighted by Crippen LogP contribution is -2.52. The fourth-order valence-electron chi connectivity index (χ4n) is 2.54. The summed E-state index contributed by atoms with van der Waals surface area (Å²) in [6, 6.07) is 8.41. The van der Waals surface area contributed by atoms with Crippen LogP contribution in [0.1, 0.15) is 33.3 Å². The van der Waals surface area contributed by atoms with Crippen LogP contribution in [-0.4, -0.2) is 57.1 Å². The molecule has 0 unspecified atom stereocenters. The number of carbonyl (C=O) groups is 3. The summed E-state index contributed by atoms with van der Waals surface area (Å²) in [7, 11) is -1.22. The highest BCUT2D eigenvalue weighted by atomic mass is 28.3. The van der Waals surface area contributed by atoms with Crippen LogP contribution in [-0.2, 0) is 30.2 Å². The fourth-order valence-corrected chi connectivity index (χ4v) is 3.30. The molecule has 0 bridgehead atoms. The van der Waals surface area contributed by atoms with E-state index >= 15 is 0 Å². The Kier molecular flexibility index (Phi) is 10.9. The van der Waals surface area contributed by atoms with Gasteiger partial charge in [0, 0.05) is 21.1 Å². The number of rotatable bonds is 11. The SMILES string of the molecule is C[C@H](NC(=O)[C@H](Cc1ccccc1)NC(=O)OC(C)(C)C)C(=O)OCOCC[Si](C)(C)C. The van der Waals surface area contributed by atoms with Gasteiger partial charge in [0.15, 0.2) is 6.79 Å². The van der Waals surface area contributed by atoms with Gasteiger partial charge < -0.3 is 24.8 Å². The predicted octanol–water partition coefficient (Wildman–Crippen LogP) is 3.48. The lowest BCUT2D eigenvalue weighted by Gasteiger charge is -2.24. The highest BCUT2D eigenvalue weighted by Gasteiger charge is 2.27. The Labute approximate surface area is 192 Å². The van der Waals surface area contributed by atoms with E-state index in [-0.39, 0.29) is 13.2 Å². The van der Waals surface area contributed by atoms with E-state index in [1.54, 1.807) is 20.8 Å². The van der Waals surface area contributed by atoms with Gasteiger partial charge >= 0.3 is 12.1 Å². The Balaban J connectivity index is 2.65. The van der Waals surface area contributed by atoms with Crippen LogP contribution in [0.4, 0.5) is 4.79 Å². The third-order valence-electron chi connectivity index (χ3n) is 4.28. The molecule has 1 rings (SSSR count). The van der Waals surface area contributed by atoms with Gasteiger partial charge in [-0.3, -0.25) is 4.79 Å². The van der Waals surface area contributed by atoms with Crippen molar-refractivity contribution in [3.63, 3.8) is 0 Å². The van der Waals surface area contributed by atoms with Crippen molar-refractivity contribution in [1.82, 2.24) is 10.6 Å². The quantitative estimate of drug-likeness (QED) is 0.224. The maximum Gasteiger partial charge on any atom is 0.408 e. The zero-order chi connectivity index (χ0) is 24.4. The largest absolute Gasteiger partial charge is 0.444 e. The van der Waals surface area contributed by atoms with Crippen molar-refractivity contribution >= 4 is 26.0 Å². The lowest BCUT2D eigenvalue weighted by molar-refractivity contribution is -0.159. The van der Waals surface area contributed by atoms with Crippen molar-refractivity contribution in [2.45, 2.75) is 77.5 Å². The topological polar surface area (TPSA) is 103 Å². The molecule has 0 saturated heterocycles. The van der Waals surface area contributed by atoms with Crippen LogP contribution in [0.15, 0.2) is 30.3 Å². The van der Waals surface area contributed by atoms with Gasteiger partial charge in [0.25, 0.3) is 0 Å². The second-order valence-corrected chi connectivity index (χ2v) is 15.5. The second kappa shape index (κ2) is 12.6. The van der Waals surface area contributed by atoms with Gasteiger partial charge in [0.05, 0.1) is 0 Å². The molecule has 0 saturated carbocycles. The van der Waals surface area contributed by atoms with Crippen LogP contribution in [0, 0.1) is 0 Å². The molecule has 1 aromatic carbocycles. The number of hydrogen-bond acceptors (Lipinski definition) is 6. The molecule has 2 N–H and O–H groups in total. The van der Waals surface area contributed by atoms with Gasteiger partial charge in [0.1, 0.15) is 17.7 Å². The molecule has 0 spiro atoms. The number of alkyl carbamates (subject to hydrolysis) is 1. The first-order valence-electron chi connectivity index (χ1n) is 10.8. The average molecular weight is 467 g/mol. The first-order valence-corrected chi connectivity index (χ1v) is 14.6. The summed E-state index contributed by atoms with van der Waals surface area (Å²) < 4.78 is 15.7. The van der Waals surface area contributed by atoms with Crippen molar-refractivity contribution in [3.05, 3.63) is 35.9 Å². The average Bonchev–Trinajstić information content (AvgIpc) is 2.65. The van der Waals surface area contributed by atoms with Crippen molar-refractivity contribution in [3.8, 4) is 0 Å². The van der Waals surface area contributed by atoms with Crippen molar-refractivity contribution < 1.29 is 28.6 Å². The van der Waals surface area contributed by atoms with Crippen LogP contribution >= 0.6 is 0 Å². The van der Waals surface area contributed by atoms with E-state index in [9.17, 15) is 14.4 Å². The molecule has 9 heteroatoms. The molecule has 8 nitrogen and oxygen atoms in total. The van der Waals surface area contributed by atoms with Gasteiger partial charge in [-0.05, 0) is 39.3 Å². The Bertz CT molecular complexity index is 743. The molecule has 0 aliphatic rings. The maximum absolute atomic E-state index is 12.8. The Morgan fingerprint density at radius 3 is 2.22 bits per heavy atom. The number of esters is 1. The highest BCUT2D eigenvalue weighted by molar-refractivity contribution is 6.76. The number of hydrogen-bond donors (Lipinski definition) is 2. The van der Waals surface area contributed by atoms with Crippen LogP contribution in [0.3, 0.4) is 0 Å². The summed E-state index contributed by atoms with van der Waals surface area (Å²) in [5.41, 5.74) is 0.152. The van der Waals surface area contributed by atoms with Crippen LogP contribution < -0.4 is 10.6 Å². The summed E-state index contributed by atoms with van der Waals surface area (Å²) in [4.78, 5) is 37.3. The minimum atomic E-state index is -1.22. The first kappa shape index (κ1) is 27.6.